The van der Waals surface area contributed by atoms with Crippen LogP contribution in [0.2, 0.25) is 0 Å². The highest BCUT2D eigenvalue weighted by atomic mass is 16.5. The summed E-state index contributed by atoms with van der Waals surface area (Å²) in [6.07, 6.45) is 1.26. The summed E-state index contributed by atoms with van der Waals surface area (Å²) in [5.41, 5.74) is 1.54. The molecule has 3 aromatic rings. The molecule has 0 fully saturated rings. The lowest BCUT2D eigenvalue weighted by Crippen LogP contribution is -1.96. The van der Waals surface area contributed by atoms with Crippen LogP contribution in [-0.2, 0) is 11.3 Å². The number of imidazole rings is 1. The van der Waals surface area contributed by atoms with Gasteiger partial charge in [-0.2, -0.15) is 0 Å². The number of aromatic carboxylic acids is 1. The van der Waals surface area contributed by atoms with E-state index in [4.69, 9.17) is 14.4 Å². The monoisotopic (exact) mass is 274 g/mol. The van der Waals surface area contributed by atoms with Crippen molar-refractivity contribution < 1.29 is 19.2 Å². The molecule has 0 unspecified atom stereocenters. The van der Waals surface area contributed by atoms with E-state index in [-0.39, 0.29) is 5.56 Å². The topological polar surface area (TPSA) is 114 Å². The average molecular weight is 274 g/mol. The minimum Gasteiger partial charge on any atom is -0.478 e. The van der Waals surface area contributed by atoms with E-state index in [9.17, 15) is 4.79 Å². The molecule has 3 aromatic heterocycles. The molecule has 0 bridgehead atoms. The highest BCUT2D eigenvalue weighted by molar-refractivity contribution is 5.91. The highest BCUT2D eigenvalue weighted by Gasteiger charge is 2.13. The zero-order valence-electron chi connectivity index (χ0n) is 10.5. The molecule has 8 nitrogen and oxygen atoms in total. The maximum Gasteiger partial charge on any atom is 0.337 e. The Morgan fingerprint density at radius 1 is 1.50 bits per heavy atom. The fourth-order valence-electron chi connectivity index (χ4n) is 1.77. The van der Waals surface area contributed by atoms with Crippen molar-refractivity contribution in [3.63, 3.8) is 0 Å². The van der Waals surface area contributed by atoms with E-state index in [2.05, 4.69) is 20.1 Å². The fourth-order valence-corrected chi connectivity index (χ4v) is 1.77. The van der Waals surface area contributed by atoms with Gasteiger partial charge in [-0.05, 0) is 6.07 Å². The zero-order chi connectivity index (χ0) is 14.1. The molecule has 0 aliphatic carbocycles. The Labute approximate surface area is 112 Å². The molecule has 3 rings (SSSR count). The number of H-pyrrole nitrogens is 1. The van der Waals surface area contributed by atoms with Gasteiger partial charge in [-0.3, -0.25) is 0 Å². The molecule has 0 aromatic carbocycles. The Kier molecular flexibility index (Phi) is 2.92. The van der Waals surface area contributed by atoms with Gasteiger partial charge in [-0.1, -0.05) is 5.16 Å². The first-order chi connectivity index (χ1) is 9.67. The summed E-state index contributed by atoms with van der Waals surface area (Å²) in [6.45, 7) is 0.314. The van der Waals surface area contributed by atoms with Crippen molar-refractivity contribution in [1.29, 1.82) is 0 Å². The van der Waals surface area contributed by atoms with Gasteiger partial charge in [0.1, 0.15) is 12.3 Å². The minimum absolute atomic E-state index is 0.0907. The number of carbonyl (C=O) groups is 1. The van der Waals surface area contributed by atoms with Crippen molar-refractivity contribution in [2.45, 2.75) is 6.61 Å². The number of nitrogens with one attached hydrogen (secondary N) is 1. The van der Waals surface area contributed by atoms with Crippen LogP contribution in [0.15, 0.2) is 22.9 Å². The van der Waals surface area contributed by atoms with Gasteiger partial charge in [-0.25, -0.2) is 14.8 Å². The van der Waals surface area contributed by atoms with Gasteiger partial charge in [0.2, 0.25) is 0 Å². The van der Waals surface area contributed by atoms with E-state index < -0.39 is 5.97 Å². The van der Waals surface area contributed by atoms with Gasteiger partial charge in [0, 0.05) is 19.4 Å². The normalized spacial score (nSPS) is 11.1. The molecule has 20 heavy (non-hydrogen) atoms. The van der Waals surface area contributed by atoms with E-state index in [1.54, 1.807) is 13.2 Å². The third kappa shape index (κ3) is 2.12. The quantitative estimate of drug-likeness (QED) is 0.740. The van der Waals surface area contributed by atoms with Gasteiger partial charge in [0.25, 0.3) is 0 Å². The highest BCUT2D eigenvalue weighted by Crippen LogP contribution is 2.20. The molecule has 2 N–H and O–H groups in total. The summed E-state index contributed by atoms with van der Waals surface area (Å²) in [4.78, 5) is 22.1. The second-order valence-electron chi connectivity index (χ2n) is 4.10. The lowest BCUT2D eigenvalue weighted by atomic mass is 10.3. The molecular formula is C12H10N4O4. The van der Waals surface area contributed by atoms with Crippen molar-refractivity contribution in [3.05, 3.63) is 29.7 Å². The summed E-state index contributed by atoms with van der Waals surface area (Å²) in [5.74, 6) is -0.0114. The predicted molar refractivity (Wildman–Crippen MR) is 67.1 cm³/mol. The average Bonchev–Trinajstić information content (AvgIpc) is 3.03. The minimum atomic E-state index is -1.04. The van der Waals surface area contributed by atoms with Gasteiger partial charge in [-0.15, -0.1) is 0 Å². The van der Waals surface area contributed by atoms with Crippen LogP contribution < -0.4 is 0 Å². The number of rotatable bonds is 4. The van der Waals surface area contributed by atoms with Crippen molar-refractivity contribution in [2.24, 2.45) is 0 Å². The standard InChI is InChI=1S/C12H10N4O4/c1-19-5-7-3-9(16-20-7)11-14-8-2-6(12(17)18)4-13-10(8)15-11/h2-4H,5H2,1H3,(H,17,18)(H,13,14,15). The van der Waals surface area contributed by atoms with E-state index in [1.807, 2.05) is 0 Å². The van der Waals surface area contributed by atoms with Crippen molar-refractivity contribution in [2.75, 3.05) is 7.11 Å². The SMILES string of the molecule is COCc1cc(-c2nc3ncc(C(=O)O)cc3[nH]2)no1. The molecule has 0 aliphatic rings. The molecule has 8 heteroatoms. The molecule has 0 spiro atoms. The van der Waals surface area contributed by atoms with Crippen LogP contribution >= 0.6 is 0 Å². The number of aromatic nitrogens is 4. The second kappa shape index (κ2) is 4.74. The van der Waals surface area contributed by atoms with Crippen molar-refractivity contribution >= 4 is 17.1 Å². The number of hydrogen-bond donors (Lipinski definition) is 2. The van der Waals surface area contributed by atoms with Crippen LogP contribution in [0.5, 0.6) is 0 Å². The van der Waals surface area contributed by atoms with Gasteiger partial charge >= 0.3 is 5.97 Å². The van der Waals surface area contributed by atoms with Crippen LogP contribution in [0.4, 0.5) is 0 Å². The van der Waals surface area contributed by atoms with E-state index in [0.717, 1.165) is 0 Å². The summed E-state index contributed by atoms with van der Waals surface area (Å²) < 4.78 is 10.0. The Balaban J connectivity index is 2.01. The Hall–Kier alpha value is -2.74. The largest absolute Gasteiger partial charge is 0.478 e. The first-order valence-corrected chi connectivity index (χ1v) is 5.71. The number of nitrogens with zero attached hydrogens (tertiary/aromatic N) is 3. The van der Waals surface area contributed by atoms with Crippen molar-refractivity contribution in [3.8, 4) is 11.5 Å². The summed E-state index contributed by atoms with van der Waals surface area (Å²) in [6, 6.07) is 3.16. The Morgan fingerprint density at radius 2 is 2.35 bits per heavy atom. The summed E-state index contributed by atoms with van der Waals surface area (Å²) >= 11 is 0. The number of pyridine rings is 1. The van der Waals surface area contributed by atoms with E-state index >= 15 is 0 Å². The number of methoxy groups -OCH3 is 1. The predicted octanol–water partition coefficient (Wildman–Crippen LogP) is 1.46. The smallest absolute Gasteiger partial charge is 0.337 e. The first kappa shape index (κ1) is 12.3. The lowest BCUT2D eigenvalue weighted by Gasteiger charge is -1.91. The lowest BCUT2D eigenvalue weighted by molar-refractivity contribution is 0.0696. The van der Waals surface area contributed by atoms with E-state index in [1.165, 1.54) is 12.3 Å². The molecular weight excluding hydrogens is 264 g/mol. The van der Waals surface area contributed by atoms with Gasteiger partial charge < -0.3 is 19.4 Å². The molecule has 0 saturated carbocycles. The third-order valence-corrected chi connectivity index (χ3v) is 2.67. The molecule has 102 valence electrons. The number of ether oxygens (including phenoxy) is 1. The van der Waals surface area contributed by atoms with Crippen molar-refractivity contribution in [1.82, 2.24) is 20.1 Å². The van der Waals surface area contributed by atoms with Crippen LogP contribution in [-0.4, -0.2) is 38.3 Å². The van der Waals surface area contributed by atoms with Crippen LogP contribution in [0.1, 0.15) is 16.1 Å². The summed E-state index contributed by atoms with van der Waals surface area (Å²) in [5, 5.41) is 12.8. The van der Waals surface area contributed by atoms with Crippen LogP contribution in [0.25, 0.3) is 22.7 Å². The Bertz CT molecular complexity index is 777. The number of carboxylic acids is 1. The molecule has 0 saturated heterocycles. The number of fused-ring (bicyclic) bond motifs is 1. The number of aromatic amines is 1. The number of hydrogen-bond acceptors (Lipinski definition) is 6. The maximum absolute atomic E-state index is 10.9. The summed E-state index contributed by atoms with van der Waals surface area (Å²) in [7, 11) is 1.56. The fraction of sp³-hybridized carbons (Fsp3) is 0.167. The zero-order valence-corrected chi connectivity index (χ0v) is 10.5. The maximum atomic E-state index is 10.9. The molecule has 0 aliphatic heterocycles. The third-order valence-electron chi connectivity index (χ3n) is 2.67. The number of carboxylic acid groups (broad SMARTS) is 1. The molecule has 3 heterocycles. The first-order valence-electron chi connectivity index (χ1n) is 5.71. The molecule has 0 atom stereocenters. The second-order valence-corrected chi connectivity index (χ2v) is 4.10. The van der Waals surface area contributed by atoms with Crippen LogP contribution in [0.3, 0.4) is 0 Å². The Morgan fingerprint density at radius 3 is 3.10 bits per heavy atom. The molecule has 0 radical (unpaired) electrons. The van der Waals surface area contributed by atoms with Gasteiger partial charge in [0.15, 0.2) is 17.2 Å². The molecule has 0 amide bonds. The van der Waals surface area contributed by atoms with E-state index in [0.29, 0.717) is 35.0 Å². The van der Waals surface area contributed by atoms with Crippen LogP contribution in [0, 0.1) is 0 Å². The van der Waals surface area contributed by atoms with Gasteiger partial charge in [0.05, 0.1) is 11.1 Å².